The van der Waals surface area contributed by atoms with Gasteiger partial charge in [0.1, 0.15) is 6.07 Å². The van der Waals surface area contributed by atoms with Crippen LogP contribution in [0.5, 0.6) is 0 Å². The number of carbonyl (C=O) groups excluding carboxylic acids is 1. The van der Waals surface area contributed by atoms with Crippen LogP contribution in [-0.4, -0.2) is 17.6 Å². The van der Waals surface area contributed by atoms with Crippen molar-refractivity contribution < 1.29 is 18.3 Å². The minimum Gasteiger partial charge on any atom is -0.466 e. The molecule has 0 saturated heterocycles. The van der Waals surface area contributed by atoms with E-state index in [0.717, 1.165) is 6.20 Å². The number of hydrogen-bond donors (Lipinski definition) is 1. The van der Waals surface area contributed by atoms with E-state index < -0.39 is 18.0 Å². The third kappa shape index (κ3) is 3.45. The molecule has 1 rings (SSSR count). The van der Waals surface area contributed by atoms with Crippen molar-refractivity contribution in [3.05, 3.63) is 28.6 Å². The van der Waals surface area contributed by atoms with Crippen molar-refractivity contribution >= 4 is 5.97 Å². The highest BCUT2D eigenvalue weighted by Crippen LogP contribution is 2.28. The van der Waals surface area contributed by atoms with E-state index in [1.807, 2.05) is 0 Å². The molecule has 2 N–H and O–H groups in total. The van der Waals surface area contributed by atoms with Crippen molar-refractivity contribution in [2.45, 2.75) is 26.3 Å². The van der Waals surface area contributed by atoms with Crippen LogP contribution in [-0.2, 0) is 22.5 Å². The van der Waals surface area contributed by atoms with Gasteiger partial charge in [0.2, 0.25) is 0 Å². The van der Waals surface area contributed by atoms with Crippen molar-refractivity contribution in [3.63, 3.8) is 0 Å². The molecular weight excluding hydrogens is 256 g/mol. The van der Waals surface area contributed by atoms with Crippen LogP contribution >= 0.6 is 0 Å². The number of alkyl halides is 2. The predicted octanol–water partition coefficient (Wildman–Crippen LogP) is 1.46. The van der Waals surface area contributed by atoms with Gasteiger partial charge in [0.05, 0.1) is 24.3 Å². The molecule has 0 aliphatic heterocycles. The largest absolute Gasteiger partial charge is 0.466 e. The van der Waals surface area contributed by atoms with Gasteiger partial charge in [-0.25, -0.2) is 8.78 Å². The zero-order valence-corrected chi connectivity index (χ0v) is 10.3. The van der Waals surface area contributed by atoms with Crippen LogP contribution in [0, 0.1) is 11.3 Å². The lowest BCUT2D eigenvalue weighted by Gasteiger charge is -2.12. The smallest absolute Gasteiger partial charge is 0.310 e. The third-order valence-corrected chi connectivity index (χ3v) is 2.44. The molecule has 0 unspecified atom stereocenters. The summed E-state index contributed by atoms with van der Waals surface area (Å²) < 4.78 is 30.8. The average Bonchev–Trinajstić information content (AvgIpc) is 2.37. The van der Waals surface area contributed by atoms with E-state index in [9.17, 15) is 13.6 Å². The fourth-order valence-electron chi connectivity index (χ4n) is 1.64. The first-order valence-electron chi connectivity index (χ1n) is 5.59. The van der Waals surface area contributed by atoms with Gasteiger partial charge in [-0.1, -0.05) is 0 Å². The van der Waals surface area contributed by atoms with Crippen molar-refractivity contribution in [1.82, 2.24) is 4.98 Å². The molecule has 102 valence electrons. The first-order chi connectivity index (χ1) is 9.04. The summed E-state index contributed by atoms with van der Waals surface area (Å²) in [5, 5.41) is 8.95. The number of halogens is 2. The quantitative estimate of drug-likeness (QED) is 0.817. The SMILES string of the molecule is CCOC(=O)Cc1cnc(CN)c(C#N)c1C(F)F. The van der Waals surface area contributed by atoms with Gasteiger partial charge in [-0.15, -0.1) is 0 Å². The van der Waals surface area contributed by atoms with E-state index in [4.69, 9.17) is 15.7 Å². The van der Waals surface area contributed by atoms with Gasteiger partial charge < -0.3 is 10.5 Å². The molecule has 0 amide bonds. The molecule has 0 spiro atoms. The zero-order valence-electron chi connectivity index (χ0n) is 10.3. The van der Waals surface area contributed by atoms with E-state index in [0.29, 0.717) is 0 Å². The summed E-state index contributed by atoms with van der Waals surface area (Å²) in [5.74, 6) is -0.643. The molecule has 1 aromatic heterocycles. The molecule has 5 nitrogen and oxygen atoms in total. The fraction of sp³-hybridized carbons (Fsp3) is 0.417. The monoisotopic (exact) mass is 269 g/mol. The number of ether oxygens (including phenoxy) is 1. The van der Waals surface area contributed by atoms with Crippen LogP contribution in [0.25, 0.3) is 0 Å². The van der Waals surface area contributed by atoms with Crippen molar-refractivity contribution in [2.75, 3.05) is 6.61 Å². The molecule has 1 aromatic rings. The van der Waals surface area contributed by atoms with Crippen molar-refractivity contribution in [1.29, 1.82) is 5.26 Å². The minimum absolute atomic E-state index is 0.0119. The lowest BCUT2D eigenvalue weighted by Crippen LogP contribution is -2.13. The normalized spacial score (nSPS) is 10.3. The topological polar surface area (TPSA) is 89.0 Å². The Morgan fingerprint density at radius 1 is 1.63 bits per heavy atom. The Bertz CT molecular complexity index is 512. The summed E-state index contributed by atoms with van der Waals surface area (Å²) in [5.41, 5.74) is 4.66. The second-order valence-corrected chi connectivity index (χ2v) is 3.62. The number of carbonyl (C=O) groups is 1. The van der Waals surface area contributed by atoms with Gasteiger partial charge in [0.15, 0.2) is 0 Å². The maximum absolute atomic E-state index is 13.1. The number of nitriles is 1. The summed E-state index contributed by atoms with van der Waals surface area (Å²) in [7, 11) is 0. The first kappa shape index (κ1) is 15.0. The second-order valence-electron chi connectivity index (χ2n) is 3.62. The second kappa shape index (κ2) is 6.75. The van der Waals surface area contributed by atoms with Gasteiger partial charge in [-0.3, -0.25) is 9.78 Å². The molecule has 19 heavy (non-hydrogen) atoms. The Hall–Kier alpha value is -2.07. The van der Waals surface area contributed by atoms with Crippen LogP contribution in [0.15, 0.2) is 6.20 Å². The van der Waals surface area contributed by atoms with Gasteiger partial charge in [0.25, 0.3) is 6.43 Å². The maximum atomic E-state index is 13.1. The van der Waals surface area contributed by atoms with E-state index in [2.05, 4.69) is 4.98 Å². The van der Waals surface area contributed by atoms with E-state index in [1.54, 1.807) is 13.0 Å². The molecule has 0 bridgehead atoms. The van der Waals surface area contributed by atoms with Gasteiger partial charge in [0, 0.05) is 18.3 Å². The predicted molar refractivity (Wildman–Crippen MR) is 62.1 cm³/mol. The van der Waals surface area contributed by atoms with Crippen molar-refractivity contribution in [2.24, 2.45) is 5.73 Å². The number of hydrogen-bond acceptors (Lipinski definition) is 5. The lowest BCUT2D eigenvalue weighted by molar-refractivity contribution is -0.142. The van der Waals surface area contributed by atoms with Crippen LogP contribution < -0.4 is 5.73 Å². The summed E-state index contributed by atoms with van der Waals surface area (Å²) >= 11 is 0. The minimum atomic E-state index is -2.88. The molecule has 7 heteroatoms. The number of nitrogens with two attached hydrogens (primary N) is 1. The average molecular weight is 269 g/mol. The van der Waals surface area contributed by atoms with Crippen LogP contribution in [0.2, 0.25) is 0 Å². The Morgan fingerprint density at radius 2 is 2.32 bits per heavy atom. The third-order valence-electron chi connectivity index (χ3n) is 2.44. The Balaban J connectivity index is 3.25. The molecule has 0 aliphatic carbocycles. The zero-order chi connectivity index (χ0) is 14.4. The summed E-state index contributed by atoms with van der Waals surface area (Å²) in [6, 6.07) is 1.67. The summed E-state index contributed by atoms with van der Waals surface area (Å²) in [6.07, 6.45) is -2.09. The Kier molecular flexibility index (Phi) is 5.33. The fourth-order valence-corrected chi connectivity index (χ4v) is 1.64. The molecule has 0 atom stereocenters. The molecule has 0 fully saturated rings. The molecule has 1 heterocycles. The number of pyridine rings is 1. The molecule has 0 radical (unpaired) electrons. The number of esters is 1. The molecule has 0 aliphatic rings. The molecule has 0 aromatic carbocycles. The molecule has 0 saturated carbocycles. The highest BCUT2D eigenvalue weighted by Gasteiger charge is 2.23. The lowest BCUT2D eigenvalue weighted by atomic mass is 10.00. The van der Waals surface area contributed by atoms with Gasteiger partial charge >= 0.3 is 5.97 Å². The van der Waals surface area contributed by atoms with Crippen LogP contribution in [0.1, 0.15) is 35.7 Å². The van der Waals surface area contributed by atoms with E-state index in [-0.39, 0.29) is 36.4 Å². The van der Waals surface area contributed by atoms with E-state index >= 15 is 0 Å². The standard InChI is InChI=1S/C12H13F2N3O2/c1-2-19-10(18)3-7-6-17-9(5-16)8(4-15)11(7)12(13)14/h6,12H,2-3,5,16H2,1H3. The summed E-state index contributed by atoms with van der Waals surface area (Å²) in [4.78, 5) is 15.2. The van der Waals surface area contributed by atoms with Crippen LogP contribution in [0.3, 0.4) is 0 Å². The number of rotatable bonds is 5. The number of nitrogens with zero attached hydrogens (tertiary/aromatic N) is 2. The Morgan fingerprint density at radius 3 is 2.79 bits per heavy atom. The van der Waals surface area contributed by atoms with Gasteiger partial charge in [-0.2, -0.15) is 5.26 Å². The Labute approximate surface area is 109 Å². The maximum Gasteiger partial charge on any atom is 0.310 e. The first-order valence-corrected chi connectivity index (χ1v) is 5.59. The number of aromatic nitrogens is 1. The highest BCUT2D eigenvalue weighted by molar-refractivity contribution is 5.73. The van der Waals surface area contributed by atoms with E-state index in [1.165, 1.54) is 0 Å². The highest BCUT2D eigenvalue weighted by atomic mass is 19.3. The van der Waals surface area contributed by atoms with Crippen LogP contribution in [0.4, 0.5) is 8.78 Å². The van der Waals surface area contributed by atoms with Crippen molar-refractivity contribution in [3.8, 4) is 6.07 Å². The summed E-state index contributed by atoms with van der Waals surface area (Å²) in [6.45, 7) is 1.65. The molecular formula is C12H13F2N3O2. The van der Waals surface area contributed by atoms with Gasteiger partial charge in [-0.05, 0) is 12.5 Å².